The Morgan fingerprint density at radius 1 is 1.24 bits per heavy atom. The van der Waals surface area contributed by atoms with Crippen LogP contribution in [0.3, 0.4) is 0 Å². The molecule has 0 aliphatic carbocycles. The summed E-state index contributed by atoms with van der Waals surface area (Å²) in [5, 5.41) is 3.14. The molecule has 134 valence electrons. The van der Waals surface area contributed by atoms with Crippen molar-refractivity contribution in [2.45, 2.75) is 38.6 Å². The molecule has 1 fully saturated rings. The molecule has 1 aromatic carbocycles. The number of hydrogen-bond acceptors (Lipinski definition) is 3. The van der Waals surface area contributed by atoms with Crippen molar-refractivity contribution in [3.63, 3.8) is 0 Å². The zero-order valence-corrected chi connectivity index (χ0v) is 15.4. The molecule has 1 aliphatic rings. The van der Waals surface area contributed by atoms with E-state index in [1.807, 2.05) is 12.1 Å². The Balaban J connectivity index is 1.55. The van der Waals surface area contributed by atoms with Gasteiger partial charge in [-0.15, -0.1) is 11.3 Å². The molecule has 3 rings (SSSR count). The fraction of sp³-hybridized carbons (Fsp3) is 0.450. The van der Waals surface area contributed by atoms with Gasteiger partial charge in [-0.3, -0.25) is 4.79 Å². The summed E-state index contributed by atoms with van der Waals surface area (Å²) in [6.07, 6.45) is 4.46. The Labute approximate surface area is 152 Å². The molecule has 1 aliphatic heterocycles. The van der Waals surface area contributed by atoms with E-state index in [2.05, 4.69) is 17.1 Å². The van der Waals surface area contributed by atoms with E-state index in [4.69, 9.17) is 0 Å². The average Bonchev–Trinajstić information content (AvgIpc) is 3.11. The summed E-state index contributed by atoms with van der Waals surface area (Å²) >= 11 is 1.35. The van der Waals surface area contributed by atoms with Crippen molar-refractivity contribution in [2.75, 3.05) is 19.6 Å². The van der Waals surface area contributed by atoms with Gasteiger partial charge in [0, 0.05) is 29.6 Å². The molecule has 1 saturated heterocycles. The number of piperidine rings is 1. The van der Waals surface area contributed by atoms with Crippen LogP contribution in [0.2, 0.25) is 0 Å². The van der Waals surface area contributed by atoms with Gasteiger partial charge in [0.25, 0.3) is 5.91 Å². The average molecular weight is 360 g/mol. The van der Waals surface area contributed by atoms with E-state index in [1.165, 1.54) is 30.2 Å². The zero-order valence-electron chi connectivity index (χ0n) is 14.6. The summed E-state index contributed by atoms with van der Waals surface area (Å²) in [4.78, 5) is 16.4. The van der Waals surface area contributed by atoms with Crippen molar-refractivity contribution >= 4 is 17.2 Å². The van der Waals surface area contributed by atoms with Gasteiger partial charge >= 0.3 is 0 Å². The van der Waals surface area contributed by atoms with Gasteiger partial charge in [0.15, 0.2) is 0 Å². The molecule has 0 unspecified atom stereocenters. The van der Waals surface area contributed by atoms with Gasteiger partial charge in [-0.25, -0.2) is 4.39 Å². The van der Waals surface area contributed by atoms with Crippen LogP contribution in [0.15, 0.2) is 36.4 Å². The van der Waals surface area contributed by atoms with E-state index >= 15 is 0 Å². The molecule has 2 aromatic rings. The second-order valence-corrected chi connectivity index (χ2v) is 7.67. The summed E-state index contributed by atoms with van der Waals surface area (Å²) in [6, 6.07) is 10.5. The van der Waals surface area contributed by atoms with Gasteiger partial charge in [-0.05, 0) is 44.0 Å². The lowest BCUT2D eigenvalue weighted by molar-refractivity contribution is 0.0915. The highest BCUT2D eigenvalue weighted by atomic mass is 32.1. The van der Waals surface area contributed by atoms with Gasteiger partial charge in [0.2, 0.25) is 0 Å². The van der Waals surface area contributed by atoms with Crippen LogP contribution in [-0.2, 0) is 0 Å². The molecular weight excluding hydrogens is 335 g/mol. The first kappa shape index (κ1) is 18.1. The lowest BCUT2D eigenvalue weighted by Crippen LogP contribution is -2.44. The van der Waals surface area contributed by atoms with E-state index in [9.17, 15) is 9.18 Å². The Hall–Kier alpha value is -1.72. The number of hydrogen-bond donors (Lipinski definition) is 1. The largest absolute Gasteiger partial charge is 0.349 e. The van der Waals surface area contributed by atoms with Crippen LogP contribution in [-0.4, -0.2) is 36.5 Å². The highest BCUT2D eigenvalue weighted by Crippen LogP contribution is 2.30. The third-order valence-electron chi connectivity index (χ3n) is 4.72. The molecule has 0 saturated carbocycles. The number of rotatable bonds is 6. The fourth-order valence-corrected chi connectivity index (χ4v) is 4.14. The first-order valence-corrected chi connectivity index (χ1v) is 9.87. The summed E-state index contributed by atoms with van der Waals surface area (Å²) in [6.45, 7) is 5.48. The van der Waals surface area contributed by atoms with Crippen LogP contribution in [0.5, 0.6) is 0 Å². The topological polar surface area (TPSA) is 32.3 Å². The Bertz CT molecular complexity index is 707. The monoisotopic (exact) mass is 360 g/mol. The van der Waals surface area contributed by atoms with Crippen LogP contribution in [0.1, 0.15) is 42.3 Å². The van der Waals surface area contributed by atoms with E-state index in [-0.39, 0.29) is 17.8 Å². The number of likely N-dealkylation sites (tertiary alicyclic amines) is 1. The van der Waals surface area contributed by atoms with Gasteiger partial charge in [-0.1, -0.05) is 31.5 Å². The van der Waals surface area contributed by atoms with Crippen LogP contribution >= 0.6 is 11.3 Å². The van der Waals surface area contributed by atoms with Gasteiger partial charge in [-0.2, -0.15) is 0 Å². The normalized spacial score (nSPS) is 16.1. The van der Waals surface area contributed by atoms with E-state index in [0.717, 1.165) is 37.4 Å². The molecule has 1 aromatic heterocycles. The third kappa shape index (κ3) is 4.67. The van der Waals surface area contributed by atoms with Crippen LogP contribution in [0.25, 0.3) is 10.4 Å². The number of unbranched alkanes of at least 4 members (excludes halogenated alkanes) is 1. The minimum Gasteiger partial charge on any atom is -0.349 e. The molecule has 5 heteroatoms. The third-order valence-corrected chi connectivity index (χ3v) is 5.84. The number of benzene rings is 1. The van der Waals surface area contributed by atoms with Crippen molar-refractivity contribution in [2.24, 2.45) is 0 Å². The smallest absolute Gasteiger partial charge is 0.261 e. The fourth-order valence-electron chi connectivity index (χ4n) is 3.20. The van der Waals surface area contributed by atoms with Crippen LogP contribution in [0.4, 0.5) is 4.39 Å². The quantitative estimate of drug-likeness (QED) is 0.820. The number of nitrogens with zero attached hydrogens (tertiary/aromatic N) is 1. The number of carbonyl (C=O) groups excluding carboxylic acids is 1. The molecule has 0 spiro atoms. The van der Waals surface area contributed by atoms with Crippen molar-refractivity contribution in [3.05, 3.63) is 47.1 Å². The van der Waals surface area contributed by atoms with E-state index < -0.39 is 0 Å². The maximum absolute atomic E-state index is 13.9. The lowest BCUT2D eigenvalue weighted by Gasteiger charge is -2.32. The highest BCUT2D eigenvalue weighted by Gasteiger charge is 2.21. The summed E-state index contributed by atoms with van der Waals surface area (Å²) in [5.74, 6) is -0.296. The first-order valence-electron chi connectivity index (χ1n) is 9.05. The van der Waals surface area contributed by atoms with E-state index in [1.54, 1.807) is 18.2 Å². The minimum atomic E-state index is -0.254. The highest BCUT2D eigenvalue weighted by molar-refractivity contribution is 7.17. The molecule has 0 radical (unpaired) electrons. The number of nitrogens with one attached hydrogen (secondary N) is 1. The Morgan fingerprint density at radius 2 is 2.00 bits per heavy atom. The van der Waals surface area contributed by atoms with Crippen LogP contribution < -0.4 is 5.32 Å². The summed E-state index contributed by atoms with van der Waals surface area (Å²) in [7, 11) is 0. The predicted octanol–water partition coefficient (Wildman–Crippen LogP) is 4.55. The number of halogens is 1. The van der Waals surface area contributed by atoms with Gasteiger partial charge in [0.1, 0.15) is 5.82 Å². The standard InChI is InChI=1S/C20H25FN2OS/c1-2-3-12-23-13-10-15(11-14-23)22-20(24)19-9-8-18(25-19)16-6-4-5-7-17(16)21/h4-9,15H,2-3,10-14H2,1H3,(H,22,24). The maximum atomic E-state index is 13.9. The van der Waals surface area contributed by atoms with Crippen molar-refractivity contribution in [1.29, 1.82) is 0 Å². The lowest BCUT2D eigenvalue weighted by atomic mass is 10.0. The number of amides is 1. The summed E-state index contributed by atoms with van der Waals surface area (Å²) in [5.41, 5.74) is 0.552. The van der Waals surface area contributed by atoms with Crippen molar-refractivity contribution < 1.29 is 9.18 Å². The number of thiophene rings is 1. The molecule has 1 amide bonds. The Morgan fingerprint density at radius 3 is 2.72 bits per heavy atom. The predicted molar refractivity (Wildman–Crippen MR) is 102 cm³/mol. The first-order chi connectivity index (χ1) is 12.2. The Kier molecular flexibility index (Phi) is 6.21. The maximum Gasteiger partial charge on any atom is 0.261 e. The second-order valence-electron chi connectivity index (χ2n) is 6.59. The number of carbonyl (C=O) groups is 1. The van der Waals surface area contributed by atoms with E-state index in [0.29, 0.717) is 10.4 Å². The van der Waals surface area contributed by atoms with Crippen LogP contribution in [0, 0.1) is 5.82 Å². The SMILES string of the molecule is CCCCN1CCC(NC(=O)c2ccc(-c3ccccc3F)s2)CC1. The second kappa shape index (κ2) is 8.59. The van der Waals surface area contributed by atoms with Crippen molar-refractivity contribution in [3.8, 4) is 10.4 Å². The van der Waals surface area contributed by atoms with Crippen molar-refractivity contribution in [1.82, 2.24) is 10.2 Å². The minimum absolute atomic E-state index is 0.0420. The van der Waals surface area contributed by atoms with Gasteiger partial charge < -0.3 is 10.2 Å². The molecular formula is C20H25FN2OS. The molecule has 2 heterocycles. The summed E-state index contributed by atoms with van der Waals surface area (Å²) < 4.78 is 13.9. The zero-order chi connectivity index (χ0) is 17.6. The molecule has 3 nitrogen and oxygen atoms in total. The van der Waals surface area contributed by atoms with Gasteiger partial charge in [0.05, 0.1) is 4.88 Å². The molecule has 1 N–H and O–H groups in total. The molecule has 0 atom stereocenters. The molecule has 0 bridgehead atoms. The molecule has 25 heavy (non-hydrogen) atoms.